The second-order valence-corrected chi connectivity index (χ2v) is 4.16. The van der Waals surface area contributed by atoms with Crippen molar-refractivity contribution >= 4 is 0 Å². The lowest BCUT2D eigenvalue weighted by atomic mass is 9.89. The van der Waals surface area contributed by atoms with Crippen molar-refractivity contribution in [3.8, 4) is 0 Å². The van der Waals surface area contributed by atoms with Crippen molar-refractivity contribution in [3.63, 3.8) is 0 Å². The molecule has 0 atom stereocenters. The fourth-order valence-electron chi connectivity index (χ4n) is 2.03. The Labute approximate surface area is 79.6 Å². The minimum Gasteiger partial charge on any atom is -0.355 e. The van der Waals surface area contributed by atoms with Gasteiger partial charge in [-0.2, -0.15) is 10.2 Å². The Morgan fingerprint density at radius 3 is 2.31 bits per heavy atom. The van der Waals surface area contributed by atoms with Gasteiger partial charge in [0, 0.05) is 7.11 Å². The molecule has 2 aliphatic rings. The highest BCUT2D eigenvalue weighted by Crippen LogP contribution is 2.37. The average molecular weight is 182 g/mol. The van der Waals surface area contributed by atoms with Crippen LogP contribution in [0.15, 0.2) is 10.2 Å². The second kappa shape index (κ2) is 3.74. The van der Waals surface area contributed by atoms with Crippen LogP contribution in [0, 0.1) is 0 Å². The van der Waals surface area contributed by atoms with Gasteiger partial charge in [0.25, 0.3) is 0 Å². The molecule has 0 N–H and O–H groups in total. The molecule has 0 saturated heterocycles. The molecule has 74 valence electrons. The Kier molecular flexibility index (Phi) is 2.63. The molecule has 0 aromatic rings. The molecular weight excluding hydrogens is 164 g/mol. The van der Waals surface area contributed by atoms with E-state index in [0.29, 0.717) is 6.04 Å². The summed E-state index contributed by atoms with van der Waals surface area (Å²) in [6.45, 7) is 0. The first-order valence-electron chi connectivity index (χ1n) is 5.32. The number of methoxy groups -OCH3 is 1. The van der Waals surface area contributed by atoms with Gasteiger partial charge in [0.05, 0.1) is 6.04 Å². The molecule has 13 heavy (non-hydrogen) atoms. The van der Waals surface area contributed by atoms with E-state index in [1.54, 1.807) is 7.11 Å². The van der Waals surface area contributed by atoms with Gasteiger partial charge in [-0.25, -0.2) is 0 Å². The molecule has 0 amide bonds. The van der Waals surface area contributed by atoms with Gasteiger partial charge in [0.2, 0.25) is 0 Å². The first-order chi connectivity index (χ1) is 6.35. The van der Waals surface area contributed by atoms with Crippen molar-refractivity contribution < 1.29 is 4.74 Å². The minimum absolute atomic E-state index is 0.220. The number of hydrogen-bond acceptors (Lipinski definition) is 3. The third kappa shape index (κ3) is 1.90. The Morgan fingerprint density at radius 2 is 1.85 bits per heavy atom. The highest BCUT2D eigenvalue weighted by molar-refractivity contribution is 4.86. The van der Waals surface area contributed by atoms with Gasteiger partial charge in [-0.05, 0) is 32.1 Å². The summed E-state index contributed by atoms with van der Waals surface area (Å²) >= 11 is 0. The highest BCUT2D eigenvalue weighted by Gasteiger charge is 2.37. The van der Waals surface area contributed by atoms with Gasteiger partial charge in [-0.15, -0.1) is 0 Å². The lowest BCUT2D eigenvalue weighted by molar-refractivity contribution is -0.0706. The monoisotopic (exact) mass is 182 g/mol. The van der Waals surface area contributed by atoms with Crippen LogP contribution in [-0.4, -0.2) is 18.9 Å². The fourth-order valence-corrected chi connectivity index (χ4v) is 2.03. The zero-order valence-electron chi connectivity index (χ0n) is 8.33. The molecule has 2 saturated carbocycles. The topological polar surface area (TPSA) is 34.0 Å². The van der Waals surface area contributed by atoms with Gasteiger partial charge in [-0.3, -0.25) is 0 Å². The maximum atomic E-state index is 5.37. The normalized spacial score (nSPS) is 28.1. The van der Waals surface area contributed by atoms with E-state index in [1.165, 1.54) is 32.1 Å². The molecule has 0 spiro atoms. The number of hydrogen-bond donors (Lipinski definition) is 0. The SMILES string of the molecule is COC1(/N=N/C2CCCC2)CCC1. The summed E-state index contributed by atoms with van der Waals surface area (Å²) in [7, 11) is 1.74. The van der Waals surface area contributed by atoms with E-state index in [-0.39, 0.29) is 5.72 Å². The summed E-state index contributed by atoms with van der Waals surface area (Å²) in [6.07, 6.45) is 8.44. The zero-order valence-corrected chi connectivity index (χ0v) is 8.33. The van der Waals surface area contributed by atoms with Crippen LogP contribution in [0.5, 0.6) is 0 Å². The molecule has 2 aliphatic carbocycles. The van der Waals surface area contributed by atoms with Gasteiger partial charge < -0.3 is 4.74 Å². The number of azo groups is 1. The third-order valence-corrected chi connectivity index (χ3v) is 3.24. The van der Waals surface area contributed by atoms with E-state index in [9.17, 15) is 0 Å². The van der Waals surface area contributed by atoms with Crippen molar-refractivity contribution in [3.05, 3.63) is 0 Å². The molecule has 3 heteroatoms. The highest BCUT2D eigenvalue weighted by atomic mass is 16.5. The number of rotatable bonds is 3. The Morgan fingerprint density at radius 1 is 1.15 bits per heavy atom. The predicted molar refractivity (Wildman–Crippen MR) is 50.7 cm³/mol. The van der Waals surface area contributed by atoms with E-state index >= 15 is 0 Å². The van der Waals surface area contributed by atoms with Gasteiger partial charge in [0.1, 0.15) is 0 Å². The van der Waals surface area contributed by atoms with Crippen molar-refractivity contribution in [2.75, 3.05) is 7.11 Å². The standard InChI is InChI=1S/C10H18N2O/c1-13-10(7-4-8-10)12-11-9-5-2-3-6-9/h9H,2-8H2,1H3/b12-11+. The van der Waals surface area contributed by atoms with Crippen LogP contribution >= 0.6 is 0 Å². The summed E-state index contributed by atoms with van der Waals surface area (Å²) in [5, 5.41) is 8.75. The van der Waals surface area contributed by atoms with Crippen LogP contribution in [0.25, 0.3) is 0 Å². The van der Waals surface area contributed by atoms with E-state index in [2.05, 4.69) is 10.2 Å². The molecule has 0 aromatic carbocycles. The van der Waals surface area contributed by atoms with Gasteiger partial charge in [0.15, 0.2) is 5.72 Å². The summed E-state index contributed by atoms with van der Waals surface area (Å²) in [5.41, 5.74) is -0.220. The molecule has 3 nitrogen and oxygen atoms in total. The lowest BCUT2D eigenvalue weighted by Crippen LogP contribution is -2.36. The van der Waals surface area contributed by atoms with Crippen LogP contribution in [0.2, 0.25) is 0 Å². The molecule has 0 radical (unpaired) electrons. The predicted octanol–water partition coefficient (Wildman–Crippen LogP) is 2.91. The van der Waals surface area contributed by atoms with Crippen molar-refractivity contribution in [2.45, 2.75) is 56.7 Å². The van der Waals surface area contributed by atoms with Crippen LogP contribution < -0.4 is 0 Å². The summed E-state index contributed by atoms with van der Waals surface area (Å²) < 4.78 is 5.37. The summed E-state index contributed by atoms with van der Waals surface area (Å²) in [4.78, 5) is 0. The second-order valence-electron chi connectivity index (χ2n) is 4.16. The van der Waals surface area contributed by atoms with Crippen LogP contribution in [0.3, 0.4) is 0 Å². The van der Waals surface area contributed by atoms with Crippen LogP contribution in [0.1, 0.15) is 44.9 Å². The maximum absolute atomic E-state index is 5.37. The first-order valence-corrected chi connectivity index (χ1v) is 5.32. The van der Waals surface area contributed by atoms with E-state index in [1.807, 2.05) is 0 Å². The molecule has 2 rings (SSSR count). The van der Waals surface area contributed by atoms with E-state index in [4.69, 9.17) is 4.74 Å². The molecule has 0 bridgehead atoms. The molecule has 2 fully saturated rings. The zero-order chi connectivity index (χ0) is 9.15. The van der Waals surface area contributed by atoms with Crippen molar-refractivity contribution in [2.24, 2.45) is 10.2 Å². The largest absolute Gasteiger partial charge is 0.355 e. The molecule has 0 unspecified atom stereocenters. The van der Waals surface area contributed by atoms with Crippen molar-refractivity contribution in [1.29, 1.82) is 0 Å². The Bertz CT molecular complexity index is 188. The van der Waals surface area contributed by atoms with Crippen molar-refractivity contribution in [1.82, 2.24) is 0 Å². The summed E-state index contributed by atoms with van der Waals surface area (Å²) in [6, 6.07) is 0.493. The first kappa shape index (κ1) is 9.13. The molecule has 0 aromatic heterocycles. The third-order valence-electron chi connectivity index (χ3n) is 3.24. The maximum Gasteiger partial charge on any atom is 0.178 e. The average Bonchev–Trinajstić information content (AvgIpc) is 2.56. The van der Waals surface area contributed by atoms with Crippen LogP contribution in [0.4, 0.5) is 0 Å². The quantitative estimate of drug-likeness (QED) is 0.618. The Hall–Kier alpha value is -0.440. The molecular formula is C10H18N2O. The lowest BCUT2D eigenvalue weighted by Gasteiger charge is -2.35. The van der Waals surface area contributed by atoms with E-state index < -0.39 is 0 Å². The van der Waals surface area contributed by atoms with Gasteiger partial charge >= 0.3 is 0 Å². The Balaban J connectivity index is 1.87. The smallest absolute Gasteiger partial charge is 0.178 e. The molecule has 0 heterocycles. The number of ether oxygens (including phenoxy) is 1. The van der Waals surface area contributed by atoms with Gasteiger partial charge in [-0.1, -0.05) is 12.8 Å². The number of nitrogens with zero attached hydrogens (tertiary/aromatic N) is 2. The molecule has 0 aliphatic heterocycles. The fraction of sp³-hybridized carbons (Fsp3) is 1.00. The minimum atomic E-state index is -0.220. The van der Waals surface area contributed by atoms with E-state index in [0.717, 1.165) is 12.8 Å². The summed E-state index contributed by atoms with van der Waals surface area (Å²) in [5.74, 6) is 0. The van der Waals surface area contributed by atoms with Crippen LogP contribution in [-0.2, 0) is 4.74 Å².